The number of ether oxygens (including phenoxy) is 3. The van der Waals surface area contributed by atoms with Gasteiger partial charge in [-0.1, -0.05) is 0 Å². The lowest BCUT2D eigenvalue weighted by atomic mass is 10.3. The molecule has 20 heavy (non-hydrogen) atoms. The van der Waals surface area contributed by atoms with Crippen LogP contribution in [0.1, 0.15) is 5.69 Å². The van der Waals surface area contributed by atoms with Gasteiger partial charge in [0.2, 0.25) is 5.88 Å². The number of benzene rings is 1. The molecular formula is C13H14N4O3. The molecule has 104 valence electrons. The highest BCUT2D eigenvalue weighted by Crippen LogP contribution is 2.30. The summed E-state index contributed by atoms with van der Waals surface area (Å²) in [5, 5.41) is 7.44. The average Bonchev–Trinajstić information content (AvgIpc) is 2.47. The third kappa shape index (κ3) is 2.94. The Balaban J connectivity index is 2.37. The Hall–Kier alpha value is -2.83. The maximum Gasteiger partial charge on any atom is 0.249 e. The molecule has 0 fully saturated rings. The fourth-order valence-electron chi connectivity index (χ4n) is 1.54. The topological polar surface area (TPSA) is 103 Å². The number of nitrogen functional groups attached to an aromatic ring is 1. The van der Waals surface area contributed by atoms with Crippen LogP contribution in [0.2, 0.25) is 0 Å². The van der Waals surface area contributed by atoms with Crippen LogP contribution in [-0.4, -0.2) is 30.0 Å². The molecule has 0 saturated carbocycles. The van der Waals surface area contributed by atoms with Crippen molar-refractivity contribution in [3.05, 3.63) is 36.3 Å². The van der Waals surface area contributed by atoms with Crippen LogP contribution in [0.5, 0.6) is 23.1 Å². The molecular weight excluding hydrogens is 260 g/mol. The molecule has 0 saturated heterocycles. The van der Waals surface area contributed by atoms with E-state index in [2.05, 4.69) is 9.97 Å². The van der Waals surface area contributed by atoms with Crippen LogP contribution in [0.15, 0.2) is 30.6 Å². The molecule has 7 heteroatoms. The number of methoxy groups -OCH3 is 2. The molecule has 0 spiro atoms. The van der Waals surface area contributed by atoms with E-state index in [1.807, 2.05) is 0 Å². The Bertz CT molecular complexity index is 609. The smallest absolute Gasteiger partial charge is 0.249 e. The highest BCUT2D eigenvalue weighted by Gasteiger charge is 2.12. The van der Waals surface area contributed by atoms with Crippen LogP contribution < -0.4 is 19.9 Å². The highest BCUT2D eigenvalue weighted by atomic mass is 16.5. The predicted molar refractivity (Wildman–Crippen MR) is 72.7 cm³/mol. The molecule has 1 aromatic carbocycles. The first-order valence-electron chi connectivity index (χ1n) is 5.70. The fourth-order valence-corrected chi connectivity index (χ4v) is 1.54. The molecule has 0 unspecified atom stereocenters. The standard InChI is InChI=1S/C13H14N4O3/c1-18-8-5-9(19-2)7-10(6-8)20-13-11(12(14)15)16-3-4-17-13/h3-7H,1-2H3,(H3,14,15). The molecule has 1 heterocycles. The van der Waals surface area contributed by atoms with E-state index in [-0.39, 0.29) is 17.4 Å². The number of hydrogen-bond donors (Lipinski definition) is 2. The Kier molecular flexibility index (Phi) is 3.99. The van der Waals surface area contributed by atoms with Gasteiger partial charge in [0.05, 0.1) is 14.2 Å². The lowest BCUT2D eigenvalue weighted by molar-refractivity contribution is 0.384. The van der Waals surface area contributed by atoms with Crippen molar-refractivity contribution in [1.82, 2.24) is 9.97 Å². The summed E-state index contributed by atoms with van der Waals surface area (Å²) in [5.74, 6) is 1.53. The SMILES string of the molecule is COc1cc(OC)cc(Oc2nccnc2C(=N)N)c1. The van der Waals surface area contributed by atoms with Crippen molar-refractivity contribution in [2.45, 2.75) is 0 Å². The number of nitrogens with one attached hydrogen (secondary N) is 1. The predicted octanol–water partition coefficient (Wildman–Crippen LogP) is 1.57. The quantitative estimate of drug-likeness (QED) is 0.633. The van der Waals surface area contributed by atoms with E-state index < -0.39 is 0 Å². The molecule has 0 aliphatic carbocycles. The normalized spacial score (nSPS) is 9.90. The Morgan fingerprint density at radius 2 is 1.55 bits per heavy atom. The molecule has 0 aliphatic rings. The molecule has 0 atom stereocenters. The van der Waals surface area contributed by atoms with Gasteiger partial charge < -0.3 is 19.9 Å². The molecule has 0 radical (unpaired) electrons. The highest BCUT2D eigenvalue weighted by molar-refractivity contribution is 5.95. The van der Waals surface area contributed by atoms with E-state index >= 15 is 0 Å². The van der Waals surface area contributed by atoms with Crippen molar-refractivity contribution >= 4 is 5.84 Å². The number of nitrogens with zero attached hydrogens (tertiary/aromatic N) is 2. The van der Waals surface area contributed by atoms with Gasteiger partial charge in [-0.05, 0) is 0 Å². The van der Waals surface area contributed by atoms with Gasteiger partial charge in [0.1, 0.15) is 23.1 Å². The summed E-state index contributed by atoms with van der Waals surface area (Å²) in [6.07, 6.45) is 2.90. The first-order valence-corrected chi connectivity index (χ1v) is 5.70. The van der Waals surface area contributed by atoms with E-state index in [4.69, 9.17) is 25.4 Å². The fraction of sp³-hybridized carbons (Fsp3) is 0.154. The van der Waals surface area contributed by atoms with Gasteiger partial charge in [0, 0.05) is 30.6 Å². The summed E-state index contributed by atoms with van der Waals surface area (Å²) in [6, 6.07) is 5.05. The Labute approximate surface area is 115 Å². The third-order valence-corrected chi connectivity index (χ3v) is 2.46. The molecule has 0 amide bonds. The van der Waals surface area contributed by atoms with Gasteiger partial charge in [-0.25, -0.2) is 9.97 Å². The van der Waals surface area contributed by atoms with E-state index in [9.17, 15) is 0 Å². The van der Waals surface area contributed by atoms with E-state index in [0.717, 1.165) is 0 Å². The van der Waals surface area contributed by atoms with Crippen LogP contribution in [0.3, 0.4) is 0 Å². The summed E-state index contributed by atoms with van der Waals surface area (Å²) in [6.45, 7) is 0. The average molecular weight is 274 g/mol. The van der Waals surface area contributed by atoms with Gasteiger partial charge in [0.25, 0.3) is 0 Å². The molecule has 7 nitrogen and oxygen atoms in total. The minimum absolute atomic E-state index is 0.148. The number of amidine groups is 1. The first kappa shape index (κ1) is 13.6. The summed E-state index contributed by atoms with van der Waals surface area (Å²) in [4.78, 5) is 7.98. The van der Waals surface area contributed by atoms with Gasteiger partial charge in [0.15, 0.2) is 5.69 Å². The van der Waals surface area contributed by atoms with Crippen molar-refractivity contribution in [3.8, 4) is 23.1 Å². The zero-order valence-corrected chi connectivity index (χ0v) is 11.1. The monoisotopic (exact) mass is 274 g/mol. The van der Waals surface area contributed by atoms with Gasteiger partial charge in [-0.15, -0.1) is 0 Å². The first-order chi connectivity index (χ1) is 9.63. The van der Waals surface area contributed by atoms with Crippen LogP contribution in [0, 0.1) is 5.41 Å². The van der Waals surface area contributed by atoms with E-state index in [0.29, 0.717) is 17.2 Å². The van der Waals surface area contributed by atoms with Crippen LogP contribution in [0.25, 0.3) is 0 Å². The second kappa shape index (κ2) is 5.87. The lowest BCUT2D eigenvalue weighted by Gasteiger charge is -2.10. The second-order valence-corrected chi connectivity index (χ2v) is 3.77. The lowest BCUT2D eigenvalue weighted by Crippen LogP contribution is -2.15. The summed E-state index contributed by atoms with van der Waals surface area (Å²) in [7, 11) is 3.09. The molecule has 2 rings (SSSR count). The summed E-state index contributed by atoms with van der Waals surface area (Å²) in [5.41, 5.74) is 5.61. The minimum atomic E-state index is -0.219. The van der Waals surface area contributed by atoms with Crippen LogP contribution in [-0.2, 0) is 0 Å². The number of rotatable bonds is 5. The molecule has 2 aromatic rings. The van der Waals surface area contributed by atoms with Crippen LogP contribution >= 0.6 is 0 Å². The Morgan fingerprint density at radius 1 is 1.00 bits per heavy atom. The molecule has 3 N–H and O–H groups in total. The molecule has 0 aliphatic heterocycles. The van der Waals surface area contributed by atoms with Crippen molar-refractivity contribution in [3.63, 3.8) is 0 Å². The Morgan fingerprint density at radius 3 is 2.10 bits per heavy atom. The number of aromatic nitrogens is 2. The van der Waals surface area contributed by atoms with Crippen molar-refractivity contribution in [2.75, 3.05) is 14.2 Å². The van der Waals surface area contributed by atoms with Crippen molar-refractivity contribution in [1.29, 1.82) is 5.41 Å². The van der Waals surface area contributed by atoms with Crippen molar-refractivity contribution in [2.24, 2.45) is 5.73 Å². The largest absolute Gasteiger partial charge is 0.496 e. The van der Waals surface area contributed by atoms with Crippen LogP contribution in [0.4, 0.5) is 0 Å². The van der Waals surface area contributed by atoms with Gasteiger partial charge >= 0.3 is 0 Å². The molecule has 1 aromatic heterocycles. The maximum atomic E-state index is 7.44. The van der Waals surface area contributed by atoms with E-state index in [1.165, 1.54) is 12.4 Å². The van der Waals surface area contributed by atoms with E-state index in [1.54, 1.807) is 32.4 Å². The van der Waals surface area contributed by atoms with Crippen molar-refractivity contribution < 1.29 is 14.2 Å². The maximum absolute atomic E-state index is 7.44. The minimum Gasteiger partial charge on any atom is -0.496 e. The van der Waals surface area contributed by atoms with Gasteiger partial charge in [-0.3, -0.25) is 5.41 Å². The zero-order valence-electron chi connectivity index (χ0n) is 11.1. The third-order valence-electron chi connectivity index (χ3n) is 2.46. The number of nitrogens with two attached hydrogens (primary N) is 1. The zero-order chi connectivity index (χ0) is 14.5. The second-order valence-electron chi connectivity index (χ2n) is 3.77. The molecule has 0 bridgehead atoms. The summed E-state index contributed by atoms with van der Waals surface area (Å²) >= 11 is 0. The number of hydrogen-bond acceptors (Lipinski definition) is 6. The summed E-state index contributed by atoms with van der Waals surface area (Å²) < 4.78 is 15.9. The van der Waals surface area contributed by atoms with Gasteiger partial charge in [-0.2, -0.15) is 0 Å².